The van der Waals surface area contributed by atoms with E-state index in [0.717, 1.165) is 12.1 Å². The number of methoxy groups -OCH3 is 3. The summed E-state index contributed by atoms with van der Waals surface area (Å²) in [6.45, 7) is 0.0162. The maximum Gasteiger partial charge on any atom is 0.416 e. The van der Waals surface area contributed by atoms with Crippen LogP contribution in [0.1, 0.15) is 27.3 Å². The molecule has 0 fully saturated rings. The second kappa shape index (κ2) is 12.1. The molecule has 0 bridgehead atoms. The molecule has 1 N–H and O–H groups in total. The van der Waals surface area contributed by atoms with Crippen LogP contribution < -0.4 is 19.5 Å². The third-order valence-electron chi connectivity index (χ3n) is 5.70. The Morgan fingerprint density at radius 1 is 0.897 bits per heavy atom. The van der Waals surface area contributed by atoms with E-state index in [0.29, 0.717) is 45.0 Å². The number of alkyl halides is 3. The Balaban J connectivity index is 1.60. The van der Waals surface area contributed by atoms with Crippen LogP contribution in [0.3, 0.4) is 0 Å². The lowest BCUT2D eigenvalue weighted by atomic mass is 10.1. The number of halogens is 3. The molecular weight excluding hydrogens is 533 g/mol. The molecule has 0 aliphatic carbocycles. The monoisotopic (exact) mass is 558 g/mol. The standard InChI is InChI=1S/C27H25F3N4O4S/c1-36-21-10-5-4-9-20(21)34-24(15-31-25(35)18-11-12-22(37-2)23(14-18)38-3)32-33-26(34)39-16-17-7-6-8-19(13-17)27(28,29)30/h4-14H,15-16H2,1-3H3,(H,31,35). The van der Waals surface area contributed by atoms with Gasteiger partial charge in [0.2, 0.25) is 0 Å². The Hall–Kier alpha value is -4.19. The van der Waals surface area contributed by atoms with Crippen molar-refractivity contribution in [2.24, 2.45) is 0 Å². The molecule has 0 aliphatic heterocycles. The topological polar surface area (TPSA) is 87.5 Å². The van der Waals surface area contributed by atoms with Gasteiger partial charge in [0.05, 0.1) is 39.1 Å². The molecule has 0 saturated carbocycles. The van der Waals surface area contributed by atoms with E-state index in [-0.39, 0.29) is 18.2 Å². The first-order chi connectivity index (χ1) is 18.7. The Bertz CT molecular complexity index is 1460. The summed E-state index contributed by atoms with van der Waals surface area (Å²) >= 11 is 1.22. The van der Waals surface area contributed by atoms with E-state index < -0.39 is 11.7 Å². The summed E-state index contributed by atoms with van der Waals surface area (Å²) in [6.07, 6.45) is -4.43. The van der Waals surface area contributed by atoms with Crippen molar-refractivity contribution in [3.05, 3.63) is 89.2 Å². The molecule has 1 heterocycles. The number of nitrogens with zero attached hydrogens (tertiary/aromatic N) is 3. The van der Waals surface area contributed by atoms with Gasteiger partial charge in [-0.3, -0.25) is 9.36 Å². The van der Waals surface area contributed by atoms with Gasteiger partial charge in [0, 0.05) is 11.3 Å². The predicted molar refractivity (Wildman–Crippen MR) is 140 cm³/mol. The van der Waals surface area contributed by atoms with Gasteiger partial charge in [-0.25, -0.2) is 0 Å². The summed E-state index contributed by atoms with van der Waals surface area (Å²) in [6, 6.07) is 17.1. The lowest BCUT2D eigenvalue weighted by Crippen LogP contribution is -2.24. The number of rotatable bonds is 10. The van der Waals surface area contributed by atoms with Crippen LogP contribution in [-0.2, 0) is 18.5 Å². The van der Waals surface area contributed by atoms with Gasteiger partial charge in [0.25, 0.3) is 5.91 Å². The minimum atomic E-state index is -4.43. The molecule has 0 unspecified atom stereocenters. The number of thioether (sulfide) groups is 1. The second-order valence-corrected chi connectivity index (χ2v) is 9.09. The first-order valence-electron chi connectivity index (χ1n) is 11.6. The molecule has 4 aromatic rings. The van der Waals surface area contributed by atoms with Crippen LogP contribution >= 0.6 is 11.8 Å². The zero-order chi connectivity index (χ0) is 28.0. The van der Waals surface area contributed by atoms with Crippen LogP contribution in [0.25, 0.3) is 5.69 Å². The molecule has 204 valence electrons. The highest BCUT2D eigenvalue weighted by Crippen LogP contribution is 2.33. The fourth-order valence-corrected chi connectivity index (χ4v) is 4.70. The fraction of sp³-hybridized carbons (Fsp3) is 0.222. The second-order valence-electron chi connectivity index (χ2n) is 8.15. The van der Waals surface area contributed by atoms with Gasteiger partial charge in [-0.2, -0.15) is 13.2 Å². The van der Waals surface area contributed by atoms with E-state index in [4.69, 9.17) is 14.2 Å². The average Bonchev–Trinajstić information content (AvgIpc) is 3.36. The maximum atomic E-state index is 13.2. The number of nitrogens with one attached hydrogen (secondary N) is 1. The van der Waals surface area contributed by atoms with Crippen LogP contribution in [0, 0.1) is 0 Å². The largest absolute Gasteiger partial charge is 0.495 e. The highest BCUT2D eigenvalue weighted by atomic mass is 32.2. The normalized spacial score (nSPS) is 11.2. The molecule has 39 heavy (non-hydrogen) atoms. The molecule has 0 saturated heterocycles. The summed E-state index contributed by atoms with van der Waals surface area (Å²) in [5.74, 6) is 1.69. The molecule has 0 radical (unpaired) electrons. The predicted octanol–water partition coefficient (Wildman–Crippen LogP) is 5.53. The zero-order valence-corrected chi connectivity index (χ0v) is 22.1. The third-order valence-corrected chi connectivity index (χ3v) is 6.70. The van der Waals surface area contributed by atoms with Gasteiger partial charge in [0.15, 0.2) is 22.5 Å². The van der Waals surface area contributed by atoms with Crippen molar-refractivity contribution in [3.8, 4) is 22.9 Å². The third kappa shape index (κ3) is 6.45. The summed E-state index contributed by atoms with van der Waals surface area (Å²) < 4.78 is 57.2. The number of carbonyl (C=O) groups excluding carboxylic acids is 1. The van der Waals surface area contributed by atoms with Gasteiger partial charge in [0.1, 0.15) is 5.75 Å². The molecule has 0 aliphatic rings. The fourth-order valence-electron chi connectivity index (χ4n) is 3.79. The van der Waals surface area contributed by atoms with Crippen LogP contribution in [0.2, 0.25) is 0 Å². The maximum absolute atomic E-state index is 13.2. The van der Waals surface area contributed by atoms with Crippen molar-refractivity contribution in [2.45, 2.75) is 23.6 Å². The van der Waals surface area contributed by atoms with E-state index in [1.165, 1.54) is 39.2 Å². The minimum Gasteiger partial charge on any atom is -0.495 e. The lowest BCUT2D eigenvalue weighted by molar-refractivity contribution is -0.137. The van der Waals surface area contributed by atoms with Crippen LogP contribution in [0.4, 0.5) is 13.2 Å². The van der Waals surface area contributed by atoms with E-state index >= 15 is 0 Å². The molecule has 1 amide bonds. The highest BCUT2D eigenvalue weighted by Gasteiger charge is 2.30. The van der Waals surface area contributed by atoms with E-state index in [9.17, 15) is 18.0 Å². The molecule has 12 heteroatoms. The number of carbonyl (C=O) groups is 1. The number of ether oxygens (including phenoxy) is 3. The number of para-hydroxylation sites is 2. The Morgan fingerprint density at radius 2 is 1.64 bits per heavy atom. The Morgan fingerprint density at radius 3 is 2.36 bits per heavy atom. The van der Waals surface area contributed by atoms with Gasteiger partial charge in [-0.05, 0) is 42.0 Å². The molecule has 4 rings (SSSR count). The van der Waals surface area contributed by atoms with E-state index in [1.54, 1.807) is 47.0 Å². The first-order valence-corrected chi connectivity index (χ1v) is 12.6. The van der Waals surface area contributed by atoms with E-state index in [1.807, 2.05) is 6.07 Å². The molecule has 3 aromatic carbocycles. The molecular formula is C27H25F3N4O4S. The van der Waals surface area contributed by atoms with Crippen molar-refractivity contribution < 1.29 is 32.2 Å². The molecule has 1 aromatic heterocycles. The SMILES string of the molecule is COc1ccc(C(=O)NCc2nnc(SCc3cccc(C(F)(F)F)c3)n2-c2ccccc2OC)cc1OC. The van der Waals surface area contributed by atoms with Crippen molar-refractivity contribution in [1.82, 2.24) is 20.1 Å². The number of aromatic nitrogens is 3. The van der Waals surface area contributed by atoms with Crippen molar-refractivity contribution in [3.63, 3.8) is 0 Å². The van der Waals surface area contributed by atoms with Crippen molar-refractivity contribution in [2.75, 3.05) is 21.3 Å². The summed E-state index contributed by atoms with van der Waals surface area (Å²) in [7, 11) is 4.51. The average molecular weight is 559 g/mol. The van der Waals surface area contributed by atoms with Crippen LogP contribution in [0.5, 0.6) is 17.2 Å². The number of hydrogen-bond donors (Lipinski definition) is 1. The van der Waals surface area contributed by atoms with Crippen molar-refractivity contribution in [1.29, 1.82) is 0 Å². The van der Waals surface area contributed by atoms with E-state index in [2.05, 4.69) is 15.5 Å². The molecule has 0 atom stereocenters. The van der Waals surface area contributed by atoms with Crippen LogP contribution in [-0.4, -0.2) is 42.0 Å². The van der Waals surface area contributed by atoms with Gasteiger partial charge < -0.3 is 19.5 Å². The highest BCUT2D eigenvalue weighted by molar-refractivity contribution is 7.98. The first kappa shape index (κ1) is 27.8. The number of hydrogen-bond acceptors (Lipinski definition) is 7. The smallest absolute Gasteiger partial charge is 0.416 e. The Kier molecular flexibility index (Phi) is 8.65. The lowest BCUT2D eigenvalue weighted by Gasteiger charge is -2.14. The molecule has 8 nitrogen and oxygen atoms in total. The quantitative estimate of drug-likeness (QED) is 0.256. The van der Waals surface area contributed by atoms with Gasteiger partial charge in [-0.1, -0.05) is 42.1 Å². The summed E-state index contributed by atoms with van der Waals surface area (Å²) in [5.41, 5.74) is 0.736. The molecule has 0 spiro atoms. The number of benzene rings is 3. The van der Waals surface area contributed by atoms with Gasteiger partial charge >= 0.3 is 6.18 Å². The summed E-state index contributed by atoms with van der Waals surface area (Å²) in [4.78, 5) is 12.9. The Labute approximate surface area is 227 Å². The van der Waals surface area contributed by atoms with Gasteiger partial charge in [-0.15, -0.1) is 10.2 Å². The summed E-state index contributed by atoms with van der Waals surface area (Å²) in [5, 5.41) is 11.8. The minimum absolute atomic E-state index is 0.0162. The number of amides is 1. The van der Waals surface area contributed by atoms with Crippen molar-refractivity contribution >= 4 is 17.7 Å². The zero-order valence-electron chi connectivity index (χ0n) is 21.3. The van der Waals surface area contributed by atoms with Crippen LogP contribution in [0.15, 0.2) is 71.9 Å².